The molecule has 2 rings (SSSR count). The smallest absolute Gasteiger partial charge is 0.307 e. The summed E-state index contributed by atoms with van der Waals surface area (Å²) in [5, 5.41) is 11.9. The minimum atomic E-state index is -0.930. The molecule has 0 fully saturated rings. The number of carbonyl (C=O) groups is 2. The number of benzene rings is 1. The Morgan fingerprint density at radius 3 is 2.60 bits per heavy atom. The summed E-state index contributed by atoms with van der Waals surface area (Å²) in [5.74, 6) is -1.76. The number of methoxy groups -OCH3 is 1. The normalized spacial score (nSPS) is 21.2. The first-order chi connectivity index (χ1) is 9.61. The zero-order valence-corrected chi connectivity index (χ0v) is 11.2. The first-order valence-electron chi connectivity index (χ1n) is 6.44. The highest BCUT2D eigenvalue weighted by Crippen LogP contribution is 2.27. The van der Waals surface area contributed by atoms with Crippen LogP contribution in [0.15, 0.2) is 36.4 Å². The van der Waals surface area contributed by atoms with E-state index in [2.05, 4.69) is 5.32 Å². The predicted molar refractivity (Wildman–Crippen MR) is 74.6 cm³/mol. The molecule has 0 saturated heterocycles. The molecule has 0 aliphatic heterocycles. The van der Waals surface area contributed by atoms with Crippen molar-refractivity contribution in [3.63, 3.8) is 0 Å². The molecule has 2 N–H and O–H groups in total. The Labute approximate surface area is 117 Å². The quantitative estimate of drug-likeness (QED) is 0.827. The van der Waals surface area contributed by atoms with E-state index in [1.807, 2.05) is 12.2 Å². The third-order valence-corrected chi connectivity index (χ3v) is 3.42. The van der Waals surface area contributed by atoms with Crippen LogP contribution >= 0.6 is 0 Å². The van der Waals surface area contributed by atoms with Crippen LogP contribution in [0.4, 0.5) is 5.69 Å². The average molecular weight is 275 g/mol. The van der Waals surface area contributed by atoms with Crippen LogP contribution in [-0.2, 0) is 9.59 Å². The van der Waals surface area contributed by atoms with Crippen LogP contribution in [0.1, 0.15) is 12.8 Å². The van der Waals surface area contributed by atoms with Gasteiger partial charge in [0.1, 0.15) is 5.75 Å². The van der Waals surface area contributed by atoms with Crippen molar-refractivity contribution in [3.05, 3.63) is 36.4 Å². The maximum Gasteiger partial charge on any atom is 0.307 e. The monoisotopic (exact) mass is 275 g/mol. The van der Waals surface area contributed by atoms with Gasteiger partial charge < -0.3 is 15.2 Å². The van der Waals surface area contributed by atoms with Gasteiger partial charge in [0.25, 0.3) is 0 Å². The van der Waals surface area contributed by atoms with Gasteiger partial charge in [-0.25, -0.2) is 0 Å². The molecule has 20 heavy (non-hydrogen) atoms. The number of allylic oxidation sites excluding steroid dienone is 2. The minimum Gasteiger partial charge on any atom is -0.497 e. The summed E-state index contributed by atoms with van der Waals surface area (Å²) in [6.07, 6.45) is 4.52. The largest absolute Gasteiger partial charge is 0.497 e. The highest BCUT2D eigenvalue weighted by atomic mass is 16.5. The van der Waals surface area contributed by atoms with Crippen LogP contribution in [0.5, 0.6) is 5.75 Å². The van der Waals surface area contributed by atoms with E-state index >= 15 is 0 Å². The summed E-state index contributed by atoms with van der Waals surface area (Å²) in [6, 6.07) is 6.99. The van der Waals surface area contributed by atoms with Crippen molar-refractivity contribution in [2.45, 2.75) is 12.8 Å². The van der Waals surface area contributed by atoms with Crippen LogP contribution in [0, 0.1) is 11.8 Å². The van der Waals surface area contributed by atoms with Gasteiger partial charge in [0.2, 0.25) is 5.91 Å². The Hall–Kier alpha value is -2.30. The fourth-order valence-electron chi connectivity index (χ4n) is 2.31. The molecule has 0 unspecified atom stereocenters. The van der Waals surface area contributed by atoms with Crippen LogP contribution in [-0.4, -0.2) is 24.1 Å². The molecule has 0 saturated carbocycles. The number of hydrogen-bond donors (Lipinski definition) is 2. The minimum absolute atomic E-state index is 0.269. The Kier molecular flexibility index (Phi) is 4.40. The van der Waals surface area contributed by atoms with Crippen molar-refractivity contribution in [2.24, 2.45) is 11.8 Å². The van der Waals surface area contributed by atoms with Gasteiger partial charge in [-0.15, -0.1) is 0 Å². The molecule has 0 spiro atoms. The second-order valence-electron chi connectivity index (χ2n) is 4.72. The highest BCUT2D eigenvalue weighted by molar-refractivity contribution is 5.95. The van der Waals surface area contributed by atoms with Gasteiger partial charge in [0.05, 0.1) is 18.9 Å². The topological polar surface area (TPSA) is 75.6 Å². The van der Waals surface area contributed by atoms with Gasteiger partial charge in [0, 0.05) is 11.8 Å². The zero-order chi connectivity index (χ0) is 14.5. The lowest BCUT2D eigenvalue weighted by Crippen LogP contribution is -2.34. The number of anilines is 1. The van der Waals surface area contributed by atoms with Crippen LogP contribution in [0.3, 0.4) is 0 Å². The number of rotatable bonds is 4. The lowest BCUT2D eigenvalue weighted by molar-refractivity contribution is -0.146. The van der Waals surface area contributed by atoms with Gasteiger partial charge in [-0.1, -0.05) is 18.2 Å². The van der Waals surface area contributed by atoms with Crippen molar-refractivity contribution in [3.8, 4) is 5.75 Å². The third kappa shape index (κ3) is 3.17. The van der Waals surface area contributed by atoms with Gasteiger partial charge in [0.15, 0.2) is 0 Å². The van der Waals surface area contributed by atoms with Crippen LogP contribution < -0.4 is 10.1 Å². The standard InChI is InChI=1S/C15H17NO4/c1-20-11-6-4-5-10(9-11)16-14(17)12-7-2-3-8-13(12)15(18)19/h2-6,9,12-13H,7-8H2,1H3,(H,16,17)(H,18,19)/t12-,13+/m1/s1. The molecule has 1 aliphatic rings. The lowest BCUT2D eigenvalue weighted by Gasteiger charge is -2.24. The highest BCUT2D eigenvalue weighted by Gasteiger charge is 2.33. The predicted octanol–water partition coefficient (Wildman–Crippen LogP) is 2.30. The number of ether oxygens (including phenoxy) is 1. The Bertz CT molecular complexity index is 538. The number of nitrogens with one attached hydrogen (secondary N) is 1. The molecule has 1 amide bonds. The summed E-state index contributed by atoms with van der Waals surface area (Å²) in [4.78, 5) is 23.4. The van der Waals surface area contributed by atoms with E-state index in [9.17, 15) is 14.7 Å². The van der Waals surface area contributed by atoms with E-state index in [1.54, 1.807) is 31.4 Å². The van der Waals surface area contributed by atoms with Gasteiger partial charge in [-0.2, -0.15) is 0 Å². The molecule has 1 aromatic carbocycles. The fraction of sp³-hybridized carbons (Fsp3) is 0.333. The van der Waals surface area contributed by atoms with E-state index in [1.165, 1.54) is 0 Å². The first-order valence-corrected chi connectivity index (χ1v) is 6.44. The van der Waals surface area contributed by atoms with Gasteiger partial charge in [-0.3, -0.25) is 9.59 Å². The molecular weight excluding hydrogens is 258 g/mol. The molecule has 0 aromatic heterocycles. The molecule has 1 aromatic rings. The number of amides is 1. The molecule has 1 aliphatic carbocycles. The first kappa shape index (κ1) is 14.1. The molecule has 2 atom stereocenters. The Morgan fingerprint density at radius 1 is 1.25 bits per heavy atom. The molecule has 106 valence electrons. The SMILES string of the molecule is COc1cccc(NC(=O)[C@@H]2CC=CC[C@@H]2C(=O)O)c1. The van der Waals surface area contributed by atoms with Crippen LogP contribution in [0.2, 0.25) is 0 Å². The van der Waals surface area contributed by atoms with Crippen molar-refractivity contribution < 1.29 is 19.4 Å². The number of hydrogen-bond acceptors (Lipinski definition) is 3. The van der Waals surface area contributed by atoms with E-state index < -0.39 is 17.8 Å². The summed E-state index contributed by atoms with van der Waals surface area (Å²) in [6.45, 7) is 0. The van der Waals surface area contributed by atoms with Crippen molar-refractivity contribution in [1.29, 1.82) is 0 Å². The zero-order valence-electron chi connectivity index (χ0n) is 11.2. The lowest BCUT2D eigenvalue weighted by atomic mass is 9.82. The summed E-state index contributed by atoms with van der Waals surface area (Å²) >= 11 is 0. The average Bonchev–Trinajstić information content (AvgIpc) is 2.47. The fourth-order valence-corrected chi connectivity index (χ4v) is 2.31. The Morgan fingerprint density at radius 2 is 1.95 bits per heavy atom. The number of carboxylic acid groups (broad SMARTS) is 1. The third-order valence-electron chi connectivity index (χ3n) is 3.42. The van der Waals surface area contributed by atoms with Crippen molar-refractivity contribution in [2.75, 3.05) is 12.4 Å². The van der Waals surface area contributed by atoms with Crippen molar-refractivity contribution in [1.82, 2.24) is 0 Å². The number of carboxylic acids is 1. The molecular formula is C15H17NO4. The summed E-state index contributed by atoms with van der Waals surface area (Å²) in [5.41, 5.74) is 0.605. The molecule has 0 radical (unpaired) electrons. The summed E-state index contributed by atoms with van der Waals surface area (Å²) < 4.78 is 5.08. The van der Waals surface area contributed by atoms with Gasteiger partial charge >= 0.3 is 5.97 Å². The second-order valence-corrected chi connectivity index (χ2v) is 4.72. The van der Waals surface area contributed by atoms with Crippen molar-refractivity contribution >= 4 is 17.6 Å². The molecule has 0 bridgehead atoms. The van der Waals surface area contributed by atoms with Crippen LogP contribution in [0.25, 0.3) is 0 Å². The van der Waals surface area contributed by atoms with E-state index in [-0.39, 0.29) is 5.91 Å². The number of aliphatic carboxylic acids is 1. The molecule has 0 heterocycles. The second kappa shape index (κ2) is 6.23. The molecule has 5 nitrogen and oxygen atoms in total. The maximum absolute atomic E-state index is 12.2. The molecule has 5 heteroatoms. The van der Waals surface area contributed by atoms with E-state index in [0.717, 1.165) is 0 Å². The maximum atomic E-state index is 12.2. The Balaban J connectivity index is 2.10. The van der Waals surface area contributed by atoms with E-state index in [4.69, 9.17) is 4.74 Å². The summed E-state index contributed by atoms with van der Waals surface area (Å²) in [7, 11) is 1.55. The van der Waals surface area contributed by atoms with Gasteiger partial charge in [-0.05, 0) is 25.0 Å². The van der Waals surface area contributed by atoms with E-state index in [0.29, 0.717) is 24.3 Å². The number of carbonyl (C=O) groups excluding carboxylic acids is 1.